The second-order valence-electron chi connectivity index (χ2n) is 8.79. The van der Waals surface area contributed by atoms with E-state index in [-0.39, 0.29) is 18.7 Å². The van der Waals surface area contributed by atoms with E-state index in [0.717, 1.165) is 16.9 Å². The highest BCUT2D eigenvalue weighted by atomic mass is 32.2. The Labute approximate surface area is 227 Å². The van der Waals surface area contributed by atoms with Gasteiger partial charge in [0.1, 0.15) is 11.9 Å². The Bertz CT molecular complexity index is 1160. The highest BCUT2D eigenvalue weighted by Gasteiger charge is 2.25. The van der Waals surface area contributed by atoms with Gasteiger partial charge in [-0.25, -0.2) is 4.98 Å². The molecular weight excluding hydrogens is 500 g/mol. The number of aliphatic carboxylic acids is 1. The fraction of sp³-hybridized carbons (Fsp3) is 0.310. The Morgan fingerprint density at radius 2 is 1.63 bits per heavy atom. The average molecular weight is 535 g/mol. The lowest BCUT2D eigenvalue weighted by atomic mass is 9.98. The molecule has 2 atom stereocenters. The third-order valence-electron chi connectivity index (χ3n) is 5.93. The number of carboxylic acids is 1. The number of nitrogens with zero attached hydrogens (tertiary/aromatic N) is 1. The highest BCUT2D eigenvalue weighted by Crippen LogP contribution is 2.23. The number of hydrogen-bond acceptors (Lipinski definition) is 6. The van der Waals surface area contributed by atoms with Crippen molar-refractivity contribution < 1.29 is 19.5 Å². The van der Waals surface area contributed by atoms with Crippen molar-refractivity contribution in [2.24, 2.45) is 0 Å². The first kappa shape index (κ1) is 28.7. The molecule has 0 saturated carbocycles. The van der Waals surface area contributed by atoms with Gasteiger partial charge >= 0.3 is 5.97 Å². The molecule has 0 fully saturated rings. The molecule has 1 heterocycles. The van der Waals surface area contributed by atoms with Crippen molar-refractivity contribution in [3.05, 3.63) is 84.6 Å². The quantitative estimate of drug-likeness (QED) is 0.212. The van der Waals surface area contributed by atoms with Crippen molar-refractivity contribution >= 4 is 35.4 Å². The second kappa shape index (κ2) is 15.4. The minimum atomic E-state index is -1.02. The summed E-state index contributed by atoms with van der Waals surface area (Å²) in [4.78, 5) is 41.6. The van der Waals surface area contributed by atoms with Crippen LogP contribution in [0.3, 0.4) is 0 Å². The molecule has 38 heavy (non-hydrogen) atoms. The summed E-state index contributed by atoms with van der Waals surface area (Å²) < 4.78 is 0. The van der Waals surface area contributed by atoms with Gasteiger partial charge < -0.3 is 21.1 Å². The smallest absolute Gasteiger partial charge is 0.305 e. The molecule has 3 aromatic rings. The summed E-state index contributed by atoms with van der Waals surface area (Å²) in [6, 6.07) is 21.4. The van der Waals surface area contributed by atoms with Crippen molar-refractivity contribution in [1.29, 1.82) is 0 Å². The number of anilines is 1. The van der Waals surface area contributed by atoms with Crippen LogP contribution in [-0.2, 0) is 14.4 Å². The zero-order valence-corrected chi connectivity index (χ0v) is 22.2. The predicted octanol–water partition coefficient (Wildman–Crippen LogP) is 4.51. The van der Waals surface area contributed by atoms with Crippen molar-refractivity contribution in [3.8, 4) is 11.1 Å². The Morgan fingerprint density at radius 1 is 0.921 bits per heavy atom. The number of thioether (sulfide) groups is 1. The largest absolute Gasteiger partial charge is 0.481 e. The van der Waals surface area contributed by atoms with Gasteiger partial charge in [0.05, 0.1) is 12.5 Å². The molecule has 8 nitrogen and oxygen atoms in total. The monoisotopic (exact) mass is 534 g/mol. The molecule has 2 aromatic carbocycles. The molecule has 9 heteroatoms. The van der Waals surface area contributed by atoms with E-state index in [2.05, 4.69) is 20.9 Å². The molecule has 3 rings (SSSR count). The van der Waals surface area contributed by atoms with Gasteiger partial charge in [0.25, 0.3) is 0 Å². The van der Waals surface area contributed by atoms with Crippen LogP contribution in [0.25, 0.3) is 11.1 Å². The average Bonchev–Trinajstić information content (AvgIpc) is 2.94. The van der Waals surface area contributed by atoms with E-state index in [1.54, 1.807) is 18.0 Å². The van der Waals surface area contributed by atoms with Gasteiger partial charge in [0, 0.05) is 19.2 Å². The molecule has 2 amide bonds. The predicted molar refractivity (Wildman–Crippen MR) is 152 cm³/mol. The van der Waals surface area contributed by atoms with Crippen LogP contribution in [0.2, 0.25) is 0 Å². The number of rotatable bonds is 15. The summed E-state index contributed by atoms with van der Waals surface area (Å²) in [5.74, 6) is -0.220. The van der Waals surface area contributed by atoms with Crippen molar-refractivity contribution in [1.82, 2.24) is 15.6 Å². The van der Waals surface area contributed by atoms with Crippen LogP contribution in [0, 0.1) is 0 Å². The van der Waals surface area contributed by atoms with Crippen LogP contribution < -0.4 is 16.0 Å². The molecule has 1 aromatic heterocycles. The van der Waals surface area contributed by atoms with Crippen LogP contribution in [-0.4, -0.2) is 52.5 Å². The topological polar surface area (TPSA) is 120 Å². The maximum Gasteiger partial charge on any atom is 0.305 e. The van der Waals surface area contributed by atoms with Crippen LogP contribution in [0.15, 0.2) is 79.0 Å². The first-order valence-electron chi connectivity index (χ1n) is 12.6. The SMILES string of the molecule is CSCC[C@H](NC(=O)CCCNc1ccccn1)C(=O)NC(CC(=O)O)c1ccc(-c2ccccc2)cc1. The molecule has 0 saturated heterocycles. The van der Waals surface area contributed by atoms with Crippen LogP contribution in [0.5, 0.6) is 0 Å². The Hall–Kier alpha value is -3.85. The standard InChI is InChI=1S/C29H34N4O4S/c1-38-19-16-24(32-27(34)11-7-18-31-26-10-5-6-17-30-26)29(37)33-25(20-28(35)36)23-14-12-22(13-15-23)21-8-3-2-4-9-21/h2-6,8-10,12-15,17,24-25H,7,11,16,18-20H2,1H3,(H,30,31)(H,32,34)(H,33,37)(H,35,36)/t24-,25?/m0/s1. The number of benzene rings is 2. The van der Waals surface area contributed by atoms with Crippen molar-refractivity contribution in [3.63, 3.8) is 0 Å². The third kappa shape index (κ3) is 9.55. The molecule has 0 aliphatic rings. The zero-order chi connectivity index (χ0) is 27.2. The lowest BCUT2D eigenvalue weighted by Gasteiger charge is -2.23. The van der Waals surface area contributed by atoms with Crippen LogP contribution >= 0.6 is 11.8 Å². The maximum atomic E-state index is 13.2. The zero-order valence-electron chi connectivity index (χ0n) is 21.4. The van der Waals surface area contributed by atoms with E-state index in [1.807, 2.05) is 79.1 Å². The fourth-order valence-corrected chi connectivity index (χ4v) is 4.41. The van der Waals surface area contributed by atoms with Gasteiger partial charge in [0.15, 0.2) is 0 Å². The first-order chi connectivity index (χ1) is 18.5. The molecule has 200 valence electrons. The van der Waals surface area contributed by atoms with Gasteiger partial charge in [-0.2, -0.15) is 11.8 Å². The van der Waals surface area contributed by atoms with Gasteiger partial charge in [-0.3, -0.25) is 14.4 Å². The van der Waals surface area contributed by atoms with Crippen molar-refractivity contribution in [2.45, 2.75) is 37.8 Å². The summed E-state index contributed by atoms with van der Waals surface area (Å²) >= 11 is 1.58. The number of amides is 2. The maximum absolute atomic E-state index is 13.2. The molecule has 0 bridgehead atoms. The van der Waals surface area contributed by atoms with Gasteiger partial charge in [-0.15, -0.1) is 0 Å². The molecule has 0 radical (unpaired) electrons. The molecule has 0 aliphatic heterocycles. The summed E-state index contributed by atoms with van der Waals surface area (Å²) in [5.41, 5.74) is 2.74. The lowest BCUT2D eigenvalue weighted by molar-refractivity contribution is -0.138. The highest BCUT2D eigenvalue weighted by molar-refractivity contribution is 7.98. The number of pyridine rings is 1. The minimum absolute atomic E-state index is 0.226. The first-order valence-corrected chi connectivity index (χ1v) is 14.0. The van der Waals surface area contributed by atoms with E-state index in [4.69, 9.17) is 0 Å². The number of hydrogen-bond donors (Lipinski definition) is 4. The lowest BCUT2D eigenvalue weighted by Crippen LogP contribution is -2.48. The Balaban J connectivity index is 1.60. The van der Waals surface area contributed by atoms with E-state index in [9.17, 15) is 19.5 Å². The molecular formula is C29H34N4O4S. The van der Waals surface area contributed by atoms with Crippen LogP contribution in [0.4, 0.5) is 5.82 Å². The second-order valence-corrected chi connectivity index (χ2v) is 9.78. The third-order valence-corrected chi connectivity index (χ3v) is 6.57. The Kier molecular flexibility index (Phi) is 11.6. The summed E-state index contributed by atoms with van der Waals surface area (Å²) in [5, 5.41) is 18.3. The van der Waals surface area contributed by atoms with E-state index in [0.29, 0.717) is 30.7 Å². The van der Waals surface area contributed by atoms with Crippen LogP contribution in [0.1, 0.15) is 37.3 Å². The van der Waals surface area contributed by atoms with E-state index < -0.39 is 24.0 Å². The minimum Gasteiger partial charge on any atom is -0.481 e. The van der Waals surface area contributed by atoms with Gasteiger partial charge in [-0.05, 0) is 53.7 Å². The summed E-state index contributed by atoms with van der Waals surface area (Å²) in [6.07, 6.45) is 4.63. The fourth-order valence-electron chi connectivity index (χ4n) is 3.94. The van der Waals surface area contributed by atoms with E-state index in [1.165, 1.54) is 0 Å². The van der Waals surface area contributed by atoms with Gasteiger partial charge in [0.2, 0.25) is 11.8 Å². The summed E-state index contributed by atoms with van der Waals surface area (Å²) in [7, 11) is 0. The Morgan fingerprint density at radius 3 is 2.29 bits per heavy atom. The number of nitrogens with one attached hydrogen (secondary N) is 3. The molecule has 0 spiro atoms. The normalized spacial score (nSPS) is 12.2. The molecule has 0 aliphatic carbocycles. The number of carbonyl (C=O) groups excluding carboxylic acids is 2. The number of aromatic nitrogens is 1. The van der Waals surface area contributed by atoms with E-state index >= 15 is 0 Å². The summed E-state index contributed by atoms with van der Waals surface area (Å²) in [6.45, 7) is 0.575. The van der Waals surface area contributed by atoms with Gasteiger partial charge in [-0.1, -0.05) is 60.7 Å². The molecule has 4 N–H and O–H groups in total. The van der Waals surface area contributed by atoms with Crippen molar-refractivity contribution in [2.75, 3.05) is 23.9 Å². The number of carbonyl (C=O) groups is 3. The molecule has 1 unspecified atom stereocenters. The number of carboxylic acid groups (broad SMARTS) is 1.